The van der Waals surface area contributed by atoms with Gasteiger partial charge in [-0.3, -0.25) is 0 Å². The number of hydrogen-bond donors (Lipinski definition) is 0. The van der Waals surface area contributed by atoms with E-state index in [9.17, 15) is 18.0 Å². The van der Waals surface area contributed by atoms with Crippen LogP contribution in [0.15, 0.2) is 48.7 Å². The summed E-state index contributed by atoms with van der Waals surface area (Å²) in [6.07, 6.45) is -3.65. The van der Waals surface area contributed by atoms with Gasteiger partial charge in [0, 0.05) is 17.1 Å². The normalized spacial score (nSPS) is 12.4. The Morgan fingerprint density at radius 3 is 2.38 bits per heavy atom. The Bertz CT molecular complexity index is 969. The molecule has 2 aromatic heterocycles. The molecule has 0 aliphatic carbocycles. The molecule has 2 heterocycles. The zero-order chi connectivity index (χ0) is 19.1. The molecule has 0 fully saturated rings. The van der Waals surface area contributed by atoms with Crippen molar-refractivity contribution in [3.63, 3.8) is 0 Å². The molecule has 0 amide bonds. The highest BCUT2D eigenvalue weighted by atomic mass is 19.4. The van der Waals surface area contributed by atoms with Crippen LogP contribution in [0.1, 0.15) is 26.3 Å². The summed E-state index contributed by atoms with van der Waals surface area (Å²) in [6, 6.07) is 10.0. The van der Waals surface area contributed by atoms with Gasteiger partial charge in [-0.1, -0.05) is 18.2 Å². The van der Waals surface area contributed by atoms with Crippen LogP contribution in [0, 0.1) is 0 Å². The van der Waals surface area contributed by atoms with Gasteiger partial charge in [0.2, 0.25) is 0 Å². The number of carbonyl (C=O) groups excluding carboxylic acids is 1. The lowest BCUT2D eigenvalue weighted by molar-refractivity contribution is -0.137. The average molecular weight is 362 g/mol. The van der Waals surface area contributed by atoms with Crippen LogP contribution in [-0.4, -0.2) is 21.2 Å². The molecule has 0 aliphatic heterocycles. The lowest BCUT2D eigenvalue weighted by Gasteiger charge is -2.19. The average Bonchev–Trinajstić information content (AvgIpc) is 2.95. The Balaban J connectivity index is 2.11. The van der Waals surface area contributed by atoms with Gasteiger partial charge in [0.25, 0.3) is 0 Å². The zero-order valence-corrected chi connectivity index (χ0v) is 14.5. The van der Waals surface area contributed by atoms with Crippen LogP contribution >= 0.6 is 0 Å². The fraction of sp³-hybridized carbons (Fsp3) is 0.263. The van der Waals surface area contributed by atoms with E-state index in [1.807, 2.05) is 0 Å². The van der Waals surface area contributed by atoms with Gasteiger partial charge < -0.3 is 4.74 Å². The number of carbonyl (C=O) groups is 1. The smallest absolute Gasteiger partial charge is 0.420 e. The third-order valence-corrected chi connectivity index (χ3v) is 3.64. The number of fused-ring (bicyclic) bond motifs is 1. The number of nitrogens with zero attached hydrogens (tertiary/aromatic N) is 2. The summed E-state index contributed by atoms with van der Waals surface area (Å²) in [5.41, 5.74) is -1.14. The number of ether oxygens (including phenoxy) is 1. The second-order valence-corrected chi connectivity index (χ2v) is 6.82. The van der Waals surface area contributed by atoms with Gasteiger partial charge in [-0.15, -0.1) is 0 Å². The molecule has 0 unspecified atom stereocenters. The Morgan fingerprint density at radius 2 is 1.73 bits per heavy atom. The van der Waals surface area contributed by atoms with Crippen LogP contribution in [0.2, 0.25) is 0 Å². The first kappa shape index (κ1) is 18.0. The van der Waals surface area contributed by atoms with E-state index >= 15 is 0 Å². The maximum absolute atomic E-state index is 13.3. The largest absolute Gasteiger partial charge is 0.443 e. The summed E-state index contributed by atoms with van der Waals surface area (Å²) in [4.78, 5) is 16.6. The molecule has 0 bridgehead atoms. The van der Waals surface area contributed by atoms with Crippen molar-refractivity contribution in [2.45, 2.75) is 32.5 Å². The number of benzene rings is 1. The lowest BCUT2D eigenvalue weighted by atomic mass is 10.0. The summed E-state index contributed by atoms with van der Waals surface area (Å²) in [7, 11) is 0. The Morgan fingerprint density at radius 1 is 1.04 bits per heavy atom. The summed E-state index contributed by atoms with van der Waals surface area (Å²) < 4.78 is 46.3. The number of hydrogen-bond acceptors (Lipinski definition) is 3. The molecule has 0 spiro atoms. The van der Waals surface area contributed by atoms with Crippen LogP contribution in [0.5, 0.6) is 0 Å². The standard InChI is InChI=1S/C19H17F3N2O2/c1-18(2,3)26-17(25)24-11-10-12-8-9-15(23-16(12)24)13-6-4-5-7-14(13)19(20,21)22/h4-11H,1-3H3. The van der Waals surface area contributed by atoms with Crippen LogP contribution in [0.3, 0.4) is 0 Å². The molecule has 0 atom stereocenters. The highest BCUT2D eigenvalue weighted by molar-refractivity contribution is 5.88. The quantitative estimate of drug-likeness (QED) is 0.574. The fourth-order valence-electron chi connectivity index (χ4n) is 2.57. The molecule has 26 heavy (non-hydrogen) atoms. The van der Waals surface area contributed by atoms with E-state index < -0.39 is 23.4 Å². The molecule has 136 valence electrons. The van der Waals surface area contributed by atoms with Crippen molar-refractivity contribution in [2.75, 3.05) is 0 Å². The Hall–Kier alpha value is -2.83. The number of pyridine rings is 1. The van der Waals surface area contributed by atoms with Crippen molar-refractivity contribution in [1.29, 1.82) is 0 Å². The third kappa shape index (κ3) is 3.56. The van der Waals surface area contributed by atoms with E-state index in [1.165, 1.54) is 35.0 Å². The zero-order valence-electron chi connectivity index (χ0n) is 14.5. The van der Waals surface area contributed by atoms with Gasteiger partial charge in [0.15, 0.2) is 0 Å². The summed E-state index contributed by atoms with van der Waals surface area (Å²) in [5.74, 6) is 0. The Labute approximate surface area is 148 Å². The molecule has 1 aromatic carbocycles. The highest BCUT2D eigenvalue weighted by Gasteiger charge is 2.33. The second kappa shape index (κ2) is 6.16. The van der Waals surface area contributed by atoms with Gasteiger partial charge in [0.1, 0.15) is 11.2 Å². The maximum Gasteiger partial charge on any atom is 0.420 e. The summed E-state index contributed by atoms with van der Waals surface area (Å²) >= 11 is 0. The van der Waals surface area contributed by atoms with E-state index in [-0.39, 0.29) is 16.9 Å². The molecule has 0 saturated heterocycles. The van der Waals surface area contributed by atoms with Gasteiger partial charge in [-0.25, -0.2) is 14.3 Å². The highest BCUT2D eigenvalue weighted by Crippen LogP contribution is 2.36. The minimum absolute atomic E-state index is 0.0427. The third-order valence-electron chi connectivity index (χ3n) is 3.64. The SMILES string of the molecule is CC(C)(C)OC(=O)n1ccc2ccc(-c3ccccc3C(F)(F)F)nc21. The molecule has 4 nitrogen and oxygen atoms in total. The topological polar surface area (TPSA) is 44.1 Å². The fourth-order valence-corrected chi connectivity index (χ4v) is 2.57. The van der Waals surface area contributed by atoms with E-state index in [1.54, 1.807) is 32.9 Å². The lowest BCUT2D eigenvalue weighted by Crippen LogP contribution is -2.26. The van der Waals surface area contributed by atoms with Gasteiger partial charge in [-0.05, 0) is 45.0 Å². The molecule has 0 N–H and O–H groups in total. The number of halogens is 3. The first-order valence-electron chi connectivity index (χ1n) is 7.94. The molecular weight excluding hydrogens is 345 g/mol. The molecule has 0 radical (unpaired) electrons. The van der Waals surface area contributed by atoms with Crippen LogP contribution < -0.4 is 0 Å². The number of alkyl halides is 3. The van der Waals surface area contributed by atoms with Crippen molar-refractivity contribution in [3.8, 4) is 11.3 Å². The predicted molar refractivity (Wildman–Crippen MR) is 91.8 cm³/mol. The van der Waals surface area contributed by atoms with Crippen LogP contribution in [-0.2, 0) is 10.9 Å². The predicted octanol–water partition coefficient (Wildman–Crippen LogP) is 5.51. The minimum Gasteiger partial charge on any atom is -0.443 e. The van der Waals surface area contributed by atoms with Crippen molar-refractivity contribution < 1.29 is 22.7 Å². The molecule has 0 aliphatic rings. The van der Waals surface area contributed by atoms with Gasteiger partial charge in [0.05, 0.1) is 11.3 Å². The number of aromatic nitrogens is 2. The van der Waals surface area contributed by atoms with Crippen molar-refractivity contribution >= 4 is 17.1 Å². The van der Waals surface area contributed by atoms with Gasteiger partial charge >= 0.3 is 12.3 Å². The molecule has 0 saturated carbocycles. The Kier molecular flexibility index (Phi) is 4.26. The first-order chi connectivity index (χ1) is 12.1. The molecule has 7 heteroatoms. The monoisotopic (exact) mass is 362 g/mol. The summed E-state index contributed by atoms with van der Waals surface area (Å²) in [6.45, 7) is 5.19. The molecule has 3 aromatic rings. The molecular formula is C19H17F3N2O2. The maximum atomic E-state index is 13.3. The van der Waals surface area contributed by atoms with E-state index in [0.717, 1.165) is 6.07 Å². The van der Waals surface area contributed by atoms with Gasteiger partial charge in [-0.2, -0.15) is 13.2 Å². The van der Waals surface area contributed by atoms with Crippen molar-refractivity contribution in [2.24, 2.45) is 0 Å². The number of rotatable bonds is 1. The van der Waals surface area contributed by atoms with Crippen LogP contribution in [0.4, 0.5) is 18.0 Å². The minimum atomic E-state index is -4.50. The first-order valence-corrected chi connectivity index (χ1v) is 7.94. The molecule has 3 rings (SSSR count). The van der Waals surface area contributed by atoms with Crippen molar-refractivity contribution in [1.82, 2.24) is 9.55 Å². The van der Waals surface area contributed by atoms with Crippen LogP contribution in [0.25, 0.3) is 22.3 Å². The van der Waals surface area contributed by atoms with E-state index in [4.69, 9.17) is 4.74 Å². The summed E-state index contributed by atoms with van der Waals surface area (Å²) in [5, 5.41) is 0.629. The second-order valence-electron chi connectivity index (χ2n) is 6.82. The van der Waals surface area contributed by atoms with E-state index in [2.05, 4.69) is 4.98 Å². The van der Waals surface area contributed by atoms with E-state index in [0.29, 0.717) is 5.39 Å². The van der Waals surface area contributed by atoms with Crippen molar-refractivity contribution in [3.05, 3.63) is 54.2 Å².